The van der Waals surface area contributed by atoms with Crippen LogP contribution in [0.4, 0.5) is 4.79 Å². The van der Waals surface area contributed by atoms with Gasteiger partial charge < -0.3 is 9.73 Å². The van der Waals surface area contributed by atoms with Gasteiger partial charge in [0.15, 0.2) is 11.6 Å². The summed E-state index contributed by atoms with van der Waals surface area (Å²) in [6, 6.07) is 19.1. The average Bonchev–Trinajstić information content (AvgIpc) is 3.47. The largest absolute Gasteiger partial charge is 0.461 e. The Bertz CT molecular complexity index is 1390. The van der Waals surface area contributed by atoms with Crippen molar-refractivity contribution in [3.05, 3.63) is 78.6 Å². The van der Waals surface area contributed by atoms with Crippen LogP contribution in [0.15, 0.2) is 82.4 Å². The number of benzene rings is 2. The normalized spacial score (nSPS) is 17.7. The Morgan fingerprint density at radius 2 is 1.82 bits per heavy atom. The number of thioether (sulfide) groups is 1. The van der Waals surface area contributed by atoms with E-state index in [1.165, 1.54) is 18.0 Å². The number of hydrogen-bond acceptors (Lipinski definition) is 7. The smallest absolute Gasteiger partial charge is 0.344 e. The standard InChI is InChI=1S/C24H19N5O4S/c1-24(15-8-3-2-4-9-15)22(31)29(23(32)27-24)28-19(30)14-34-21-16-10-5-6-11-17(16)25-20(26-21)18-12-7-13-33-18/h2-13H,14H2,1H3,(H,27,32)(H,28,30). The molecule has 4 aromatic rings. The Morgan fingerprint density at radius 1 is 1.06 bits per heavy atom. The highest BCUT2D eigenvalue weighted by Crippen LogP contribution is 2.30. The van der Waals surface area contributed by atoms with Gasteiger partial charge in [0.2, 0.25) is 5.91 Å². The van der Waals surface area contributed by atoms with E-state index in [0.717, 1.165) is 10.4 Å². The van der Waals surface area contributed by atoms with Gasteiger partial charge in [0, 0.05) is 5.39 Å². The van der Waals surface area contributed by atoms with Crippen molar-refractivity contribution in [3.63, 3.8) is 0 Å². The number of rotatable bonds is 6. The first-order valence-corrected chi connectivity index (χ1v) is 11.4. The molecular weight excluding hydrogens is 454 g/mol. The number of hydrazine groups is 1. The molecule has 0 radical (unpaired) electrons. The van der Waals surface area contributed by atoms with Gasteiger partial charge in [-0.1, -0.05) is 60.3 Å². The molecule has 1 fully saturated rings. The van der Waals surface area contributed by atoms with Crippen LogP contribution >= 0.6 is 11.8 Å². The fourth-order valence-electron chi connectivity index (χ4n) is 3.67. The number of furan rings is 1. The van der Waals surface area contributed by atoms with Gasteiger partial charge in [-0.15, -0.1) is 0 Å². The second-order valence-corrected chi connectivity index (χ2v) is 8.70. The molecule has 5 rings (SSSR count). The van der Waals surface area contributed by atoms with Crippen LogP contribution < -0.4 is 10.7 Å². The zero-order valence-electron chi connectivity index (χ0n) is 18.0. The van der Waals surface area contributed by atoms with E-state index in [1.54, 1.807) is 43.3 Å². The Kier molecular flexibility index (Phi) is 5.50. The van der Waals surface area contributed by atoms with Crippen molar-refractivity contribution in [2.75, 3.05) is 5.75 Å². The van der Waals surface area contributed by atoms with Crippen LogP contribution in [0.3, 0.4) is 0 Å². The minimum Gasteiger partial charge on any atom is -0.461 e. The quantitative estimate of drug-likeness (QED) is 0.250. The fourth-order valence-corrected chi connectivity index (χ4v) is 4.48. The third-order valence-electron chi connectivity index (χ3n) is 5.43. The SMILES string of the molecule is CC1(c2ccccc2)NC(=O)N(NC(=O)CSc2nc(-c3ccco3)nc3ccccc23)C1=O. The molecule has 34 heavy (non-hydrogen) atoms. The van der Waals surface area contributed by atoms with Crippen LogP contribution in [-0.2, 0) is 15.1 Å². The lowest BCUT2D eigenvalue weighted by Gasteiger charge is -2.22. The van der Waals surface area contributed by atoms with Gasteiger partial charge in [-0.25, -0.2) is 14.8 Å². The third-order valence-corrected chi connectivity index (χ3v) is 6.42. The van der Waals surface area contributed by atoms with Crippen LogP contribution in [0.1, 0.15) is 12.5 Å². The van der Waals surface area contributed by atoms with Crippen molar-refractivity contribution in [2.45, 2.75) is 17.5 Å². The van der Waals surface area contributed by atoms with Gasteiger partial charge in [-0.2, -0.15) is 5.01 Å². The highest BCUT2D eigenvalue weighted by atomic mass is 32.2. The van der Waals surface area contributed by atoms with E-state index < -0.39 is 23.4 Å². The van der Waals surface area contributed by atoms with Crippen molar-refractivity contribution in [3.8, 4) is 11.6 Å². The van der Waals surface area contributed by atoms with Crippen molar-refractivity contribution >= 4 is 40.5 Å². The van der Waals surface area contributed by atoms with Crippen molar-refractivity contribution < 1.29 is 18.8 Å². The minimum absolute atomic E-state index is 0.0717. The van der Waals surface area contributed by atoms with Gasteiger partial charge in [-0.3, -0.25) is 15.0 Å². The van der Waals surface area contributed by atoms with Crippen molar-refractivity contribution in [1.29, 1.82) is 0 Å². The summed E-state index contributed by atoms with van der Waals surface area (Å²) in [4.78, 5) is 47.2. The van der Waals surface area contributed by atoms with Gasteiger partial charge >= 0.3 is 6.03 Å². The summed E-state index contributed by atoms with van der Waals surface area (Å²) >= 11 is 1.18. The van der Waals surface area contributed by atoms with Gasteiger partial charge in [0.1, 0.15) is 10.6 Å². The monoisotopic (exact) mass is 473 g/mol. The Hall–Kier alpha value is -4.18. The maximum Gasteiger partial charge on any atom is 0.344 e. The number of hydrogen-bond donors (Lipinski definition) is 2. The second kappa shape index (κ2) is 8.64. The first kappa shape index (κ1) is 21.7. The van der Waals surface area contributed by atoms with Crippen LogP contribution in [0.25, 0.3) is 22.5 Å². The summed E-state index contributed by atoms with van der Waals surface area (Å²) in [5.74, 6) is -0.240. The molecule has 2 aromatic heterocycles. The zero-order chi connectivity index (χ0) is 23.7. The van der Waals surface area contributed by atoms with Crippen LogP contribution in [0.2, 0.25) is 0 Å². The lowest BCUT2D eigenvalue weighted by molar-refractivity contribution is -0.138. The molecule has 2 N–H and O–H groups in total. The van der Waals surface area contributed by atoms with E-state index >= 15 is 0 Å². The number of urea groups is 1. The molecule has 1 aliphatic rings. The number of nitrogens with one attached hydrogen (secondary N) is 2. The molecule has 0 bridgehead atoms. The van der Waals surface area contributed by atoms with Gasteiger partial charge in [-0.05, 0) is 30.7 Å². The number of imide groups is 1. The lowest BCUT2D eigenvalue weighted by atomic mass is 9.92. The van der Waals surface area contributed by atoms with E-state index in [1.807, 2.05) is 30.3 Å². The summed E-state index contributed by atoms with van der Waals surface area (Å²) in [6.07, 6.45) is 1.54. The van der Waals surface area contributed by atoms with Gasteiger partial charge in [0.05, 0.1) is 17.5 Å². The predicted octanol–water partition coefficient (Wildman–Crippen LogP) is 3.48. The fraction of sp³-hybridized carbons (Fsp3) is 0.125. The minimum atomic E-state index is -1.26. The molecule has 0 saturated carbocycles. The van der Waals surface area contributed by atoms with Crippen LogP contribution in [-0.4, -0.2) is 38.6 Å². The number of carbonyl (C=O) groups is 3. The van der Waals surface area contributed by atoms with E-state index in [-0.39, 0.29) is 5.75 Å². The first-order chi connectivity index (χ1) is 16.5. The number of para-hydroxylation sites is 1. The molecule has 1 aliphatic heterocycles. The average molecular weight is 474 g/mol. The second-order valence-electron chi connectivity index (χ2n) is 7.73. The first-order valence-electron chi connectivity index (χ1n) is 10.4. The summed E-state index contributed by atoms with van der Waals surface area (Å²) in [6.45, 7) is 1.60. The summed E-state index contributed by atoms with van der Waals surface area (Å²) in [7, 11) is 0. The molecule has 1 saturated heterocycles. The zero-order valence-corrected chi connectivity index (χ0v) is 18.8. The molecule has 2 aromatic carbocycles. The summed E-state index contributed by atoms with van der Waals surface area (Å²) in [5, 5.41) is 4.74. The number of aromatic nitrogens is 2. The number of nitrogens with zero attached hydrogens (tertiary/aromatic N) is 3. The Balaban J connectivity index is 1.32. The molecule has 10 heteroatoms. The van der Waals surface area contributed by atoms with E-state index in [9.17, 15) is 14.4 Å². The van der Waals surface area contributed by atoms with E-state index in [4.69, 9.17) is 4.42 Å². The van der Waals surface area contributed by atoms with Crippen molar-refractivity contribution in [1.82, 2.24) is 25.7 Å². The molecule has 0 aliphatic carbocycles. The van der Waals surface area contributed by atoms with Crippen molar-refractivity contribution in [2.24, 2.45) is 0 Å². The highest BCUT2D eigenvalue weighted by molar-refractivity contribution is 8.00. The maximum atomic E-state index is 13.0. The third kappa shape index (κ3) is 3.88. The molecule has 1 atom stereocenters. The van der Waals surface area contributed by atoms with Crippen LogP contribution in [0.5, 0.6) is 0 Å². The maximum absolute atomic E-state index is 13.0. The molecular formula is C24H19N5O4S. The molecule has 170 valence electrons. The summed E-state index contributed by atoms with van der Waals surface area (Å²) in [5.41, 5.74) is 2.48. The summed E-state index contributed by atoms with van der Waals surface area (Å²) < 4.78 is 5.42. The Labute approximate surface area is 198 Å². The lowest BCUT2D eigenvalue weighted by Crippen LogP contribution is -2.48. The molecule has 4 amide bonds. The molecule has 1 unspecified atom stereocenters. The topological polar surface area (TPSA) is 117 Å². The molecule has 9 nitrogen and oxygen atoms in total. The number of amides is 4. The molecule has 3 heterocycles. The number of fused-ring (bicyclic) bond motifs is 1. The Morgan fingerprint density at radius 3 is 2.59 bits per heavy atom. The number of carbonyl (C=O) groups excluding carboxylic acids is 3. The van der Waals surface area contributed by atoms with E-state index in [0.29, 0.717) is 27.7 Å². The molecule has 0 spiro atoms. The predicted molar refractivity (Wildman–Crippen MR) is 125 cm³/mol. The van der Waals surface area contributed by atoms with Gasteiger partial charge in [0.25, 0.3) is 5.91 Å². The highest BCUT2D eigenvalue weighted by Gasteiger charge is 2.49. The van der Waals surface area contributed by atoms with Crippen LogP contribution in [0, 0.1) is 0 Å². The van der Waals surface area contributed by atoms with E-state index in [2.05, 4.69) is 20.7 Å².